The van der Waals surface area contributed by atoms with Gasteiger partial charge in [0.25, 0.3) is 6.71 Å². The van der Waals surface area contributed by atoms with Crippen molar-refractivity contribution in [3.8, 4) is 45.3 Å². The molecule has 0 spiro atoms. The van der Waals surface area contributed by atoms with Crippen LogP contribution in [0.1, 0.15) is 0 Å². The summed E-state index contributed by atoms with van der Waals surface area (Å²) in [4.78, 5) is 2.28. The molecule has 2 aliphatic heterocycles. The lowest BCUT2D eigenvalue weighted by Gasteiger charge is -2.35. The molecule has 0 fully saturated rings. The minimum absolute atomic E-state index is 0.0407. The number of ether oxygens (including phenoxy) is 2. The summed E-state index contributed by atoms with van der Waals surface area (Å²) in [5.74, 6) is 3.44. The third-order valence-corrected chi connectivity index (χ3v) is 14.9. The first-order chi connectivity index (χ1) is 26.0. The lowest BCUT2D eigenvalue weighted by atomic mass is 9.34. The third kappa shape index (κ3) is 6.00. The van der Waals surface area contributed by atoms with Gasteiger partial charge in [-0.3, -0.25) is 0 Å². The average molecular weight is 734 g/mol. The molecule has 264 valence electrons. The van der Waals surface area contributed by atoms with E-state index in [-0.39, 0.29) is 6.71 Å². The monoisotopic (exact) mass is 733 g/mol. The molecule has 0 saturated carbocycles. The zero-order chi connectivity index (χ0) is 37.2. The summed E-state index contributed by atoms with van der Waals surface area (Å²) in [7, 11) is -3.23. The predicted octanol–water partition coefficient (Wildman–Crippen LogP) is 10.3. The molecule has 3 nitrogen and oxygen atoms in total. The average Bonchev–Trinajstić information content (AvgIpc) is 3.17. The minimum Gasteiger partial charge on any atom is -0.458 e. The van der Waals surface area contributed by atoms with E-state index in [1.807, 2.05) is 0 Å². The molecule has 0 aromatic heterocycles. The van der Waals surface area contributed by atoms with Crippen molar-refractivity contribution >= 4 is 66.7 Å². The first-order valence-corrected chi connectivity index (χ1v) is 26.0. The Morgan fingerprint density at radius 1 is 0.407 bits per heavy atom. The Bertz CT molecular complexity index is 2370. The van der Waals surface area contributed by atoms with Crippen LogP contribution in [0.5, 0.6) is 23.0 Å². The van der Waals surface area contributed by atoms with Gasteiger partial charge in [-0.15, -0.1) is 0 Å². The van der Waals surface area contributed by atoms with Crippen LogP contribution in [-0.4, -0.2) is 22.9 Å². The fraction of sp³-hybridized carbons (Fsp3) is 0.125. The van der Waals surface area contributed by atoms with Crippen LogP contribution in [0.15, 0.2) is 158 Å². The van der Waals surface area contributed by atoms with Gasteiger partial charge < -0.3 is 14.4 Å². The first kappa shape index (κ1) is 34.2. The van der Waals surface area contributed by atoms with Crippen molar-refractivity contribution in [3.05, 3.63) is 158 Å². The van der Waals surface area contributed by atoms with E-state index < -0.39 is 16.1 Å². The number of rotatable bonds is 7. The Kier molecular flexibility index (Phi) is 8.29. The lowest BCUT2D eigenvalue weighted by Crippen LogP contribution is -2.57. The van der Waals surface area contributed by atoms with Crippen molar-refractivity contribution in [3.63, 3.8) is 0 Å². The Hall–Kier alpha value is -5.56. The van der Waals surface area contributed by atoms with Crippen LogP contribution in [0.2, 0.25) is 39.3 Å². The summed E-state index contributed by atoms with van der Waals surface area (Å²) in [5.41, 5.74) is 11.5. The molecule has 0 atom stereocenters. The van der Waals surface area contributed by atoms with E-state index in [1.54, 1.807) is 0 Å². The molecule has 7 aromatic carbocycles. The molecule has 0 bridgehead atoms. The van der Waals surface area contributed by atoms with Crippen molar-refractivity contribution in [2.75, 3.05) is 4.90 Å². The van der Waals surface area contributed by atoms with E-state index in [9.17, 15) is 0 Å². The number of para-hydroxylation sites is 2. The summed E-state index contributed by atoms with van der Waals surface area (Å²) < 4.78 is 14.1. The van der Waals surface area contributed by atoms with Crippen LogP contribution in [-0.2, 0) is 0 Å². The zero-order valence-electron chi connectivity index (χ0n) is 31.9. The van der Waals surface area contributed by atoms with Crippen LogP contribution in [0.3, 0.4) is 0 Å². The van der Waals surface area contributed by atoms with Crippen molar-refractivity contribution in [2.45, 2.75) is 39.3 Å². The number of nitrogens with zero attached hydrogens (tertiary/aromatic N) is 1. The summed E-state index contributed by atoms with van der Waals surface area (Å²) in [6.45, 7) is 14.5. The van der Waals surface area contributed by atoms with Crippen LogP contribution in [0.25, 0.3) is 22.3 Å². The second-order valence-electron chi connectivity index (χ2n) is 16.6. The van der Waals surface area contributed by atoms with Gasteiger partial charge in [0.15, 0.2) is 0 Å². The van der Waals surface area contributed by atoms with Crippen LogP contribution in [0, 0.1) is 0 Å². The number of hydrogen-bond donors (Lipinski definition) is 0. The highest BCUT2D eigenvalue weighted by molar-refractivity contribution is 6.98. The summed E-state index contributed by atoms with van der Waals surface area (Å²) in [5, 5.41) is 2.91. The maximum absolute atomic E-state index is 7.04. The van der Waals surface area contributed by atoms with Crippen molar-refractivity contribution in [2.24, 2.45) is 0 Å². The summed E-state index contributed by atoms with van der Waals surface area (Å²) in [6, 6.07) is 57.0. The van der Waals surface area contributed by atoms with Crippen molar-refractivity contribution < 1.29 is 9.47 Å². The van der Waals surface area contributed by atoms with Crippen LogP contribution < -0.4 is 41.1 Å². The van der Waals surface area contributed by atoms with Gasteiger partial charge in [0, 0.05) is 29.0 Å². The number of hydrogen-bond acceptors (Lipinski definition) is 3. The minimum atomic E-state index is -1.61. The molecule has 7 aromatic rings. The highest BCUT2D eigenvalue weighted by Gasteiger charge is 2.41. The molecule has 0 saturated heterocycles. The maximum atomic E-state index is 7.04. The van der Waals surface area contributed by atoms with E-state index >= 15 is 0 Å². The quantitative estimate of drug-likeness (QED) is 0.152. The Morgan fingerprint density at radius 3 is 1.24 bits per heavy atom. The van der Waals surface area contributed by atoms with Gasteiger partial charge in [-0.05, 0) is 69.6 Å². The zero-order valence-corrected chi connectivity index (χ0v) is 33.9. The van der Waals surface area contributed by atoms with Crippen molar-refractivity contribution in [1.29, 1.82) is 0 Å². The van der Waals surface area contributed by atoms with Crippen LogP contribution in [0.4, 0.5) is 17.1 Å². The van der Waals surface area contributed by atoms with Gasteiger partial charge in [-0.1, -0.05) is 159 Å². The van der Waals surface area contributed by atoms with E-state index in [0.717, 1.165) is 56.4 Å². The first-order valence-electron chi connectivity index (χ1n) is 19.0. The molecule has 0 N–H and O–H groups in total. The van der Waals surface area contributed by atoms with Crippen LogP contribution >= 0.6 is 0 Å². The Balaban J connectivity index is 1.26. The van der Waals surface area contributed by atoms with E-state index in [4.69, 9.17) is 9.47 Å². The molecule has 0 amide bonds. The highest BCUT2D eigenvalue weighted by Crippen LogP contribution is 2.43. The van der Waals surface area contributed by atoms with Gasteiger partial charge in [-0.2, -0.15) is 0 Å². The lowest BCUT2D eigenvalue weighted by molar-refractivity contribution is 0.465. The molecule has 0 unspecified atom stereocenters. The fourth-order valence-electron chi connectivity index (χ4n) is 8.32. The maximum Gasteiger partial charge on any atom is 0.260 e. The topological polar surface area (TPSA) is 21.7 Å². The number of anilines is 3. The summed E-state index contributed by atoms with van der Waals surface area (Å²) >= 11 is 0. The Labute approximate surface area is 322 Å². The molecule has 0 radical (unpaired) electrons. The molecule has 2 aliphatic rings. The molecule has 2 heterocycles. The number of fused-ring (bicyclic) bond motifs is 4. The standard InChI is InChI=1S/C48H44BNO2Si2/c1-53(2,3)46-23-15-13-21-38(46)33-25-27-40-42(29-33)51-44-31-37(50(35-17-9-7-10-18-35)36-19-11-8-12-20-36)32-45-48(44)49(40)41-28-26-34(30-43(41)52-45)39-22-14-16-24-47(39)54(4,5)6/h7-32H,1-6H3. The van der Waals surface area contributed by atoms with Gasteiger partial charge in [0.05, 0.1) is 21.8 Å². The van der Waals surface area contributed by atoms with Gasteiger partial charge in [0.1, 0.15) is 23.0 Å². The number of benzene rings is 7. The second kappa shape index (κ2) is 13.1. The van der Waals surface area contributed by atoms with Crippen molar-refractivity contribution in [1.82, 2.24) is 0 Å². The third-order valence-electron chi connectivity index (χ3n) is 10.8. The van der Waals surface area contributed by atoms with E-state index in [1.165, 1.54) is 32.6 Å². The molecule has 6 heteroatoms. The van der Waals surface area contributed by atoms with Gasteiger partial charge in [-0.25, -0.2) is 0 Å². The molecular weight excluding hydrogens is 690 g/mol. The normalized spacial score (nSPS) is 12.9. The Morgan fingerprint density at radius 2 is 0.815 bits per heavy atom. The predicted molar refractivity (Wildman–Crippen MR) is 236 cm³/mol. The smallest absolute Gasteiger partial charge is 0.260 e. The van der Waals surface area contributed by atoms with E-state index in [2.05, 4.69) is 202 Å². The largest absolute Gasteiger partial charge is 0.458 e. The van der Waals surface area contributed by atoms with E-state index in [0.29, 0.717) is 0 Å². The molecule has 54 heavy (non-hydrogen) atoms. The van der Waals surface area contributed by atoms with Gasteiger partial charge in [0.2, 0.25) is 0 Å². The fourth-order valence-corrected chi connectivity index (χ4v) is 11.6. The van der Waals surface area contributed by atoms with Gasteiger partial charge >= 0.3 is 0 Å². The molecule has 9 rings (SSSR count). The molecular formula is C48H44BNO2Si2. The SMILES string of the molecule is C[Si](C)(C)c1ccccc1-c1ccc2c(c1)Oc1cc(N(c3ccccc3)c3ccccc3)cc3c1B2c1ccc(-c2ccccc2[Si](C)(C)C)cc1O3. The molecule has 0 aliphatic carbocycles. The summed E-state index contributed by atoms with van der Waals surface area (Å²) in [6.07, 6.45) is 0. The highest BCUT2D eigenvalue weighted by atomic mass is 28.3. The second-order valence-corrected chi connectivity index (χ2v) is 26.7.